The van der Waals surface area contributed by atoms with Gasteiger partial charge >= 0.3 is 0 Å². The van der Waals surface area contributed by atoms with Crippen LogP contribution < -0.4 is 0 Å². The highest BCUT2D eigenvalue weighted by Gasteiger charge is 2.17. The third kappa shape index (κ3) is 4.74. The normalized spacial score (nSPS) is 11.6. The zero-order valence-electron chi connectivity index (χ0n) is 27.1. The molecule has 0 aliphatic heterocycles. The quantitative estimate of drug-likeness (QED) is 0.181. The lowest BCUT2D eigenvalue weighted by Crippen LogP contribution is -1.94. The summed E-state index contributed by atoms with van der Waals surface area (Å²) < 4.78 is 4.95. The maximum Gasteiger partial charge on any atom is 0.0730 e. The monoisotopic (exact) mass is 654 g/mol. The predicted octanol–water partition coefficient (Wildman–Crippen LogP) is 13.2. The molecule has 7 aromatic carbocycles. The van der Waals surface area contributed by atoms with E-state index in [4.69, 9.17) is 4.98 Å². The molecule has 0 fully saturated rings. The molecule has 0 bridgehead atoms. The number of hydrogen-bond donors (Lipinski definition) is 0. The summed E-state index contributed by atoms with van der Waals surface area (Å²) in [5, 5.41) is 5.06. The Morgan fingerprint density at radius 2 is 1.02 bits per heavy atom. The lowest BCUT2D eigenvalue weighted by atomic mass is 9.97. The molecule has 10 rings (SSSR count). The van der Waals surface area contributed by atoms with E-state index in [0.717, 1.165) is 39.3 Å². The van der Waals surface area contributed by atoms with Crippen LogP contribution in [0.4, 0.5) is 0 Å². The summed E-state index contributed by atoms with van der Waals surface area (Å²) in [5.74, 6) is 0. The molecule has 3 aromatic heterocycles. The van der Waals surface area contributed by atoms with Crippen molar-refractivity contribution >= 4 is 53.3 Å². The summed E-state index contributed by atoms with van der Waals surface area (Å²) in [4.78, 5) is 5.42. The number of nitrogens with zero attached hydrogens (tertiary/aromatic N) is 2. The predicted molar refractivity (Wildman–Crippen MR) is 213 cm³/mol. The summed E-state index contributed by atoms with van der Waals surface area (Å²) in [6.45, 7) is 0. The minimum absolute atomic E-state index is 0.956. The van der Waals surface area contributed by atoms with Gasteiger partial charge in [-0.2, -0.15) is 0 Å². The zero-order chi connectivity index (χ0) is 33.0. The van der Waals surface area contributed by atoms with Crippen LogP contribution in [0.5, 0.6) is 0 Å². The number of hydrogen-bond acceptors (Lipinski definition) is 2. The Kier molecular flexibility index (Phi) is 6.71. The summed E-state index contributed by atoms with van der Waals surface area (Å²) in [7, 11) is 0. The molecular formula is C47H30N2S. The molecule has 0 aliphatic rings. The molecule has 0 N–H and O–H groups in total. The standard InChI is InChI=1S/C47H30N2S/c1-3-13-31(14-4-1)32-15-11-16-34(27-32)42-28-35(29-43(48-42)41-22-12-21-40-39-20-8-10-24-46(39)50-47(40)41)33-25-26-38-37-19-7-9-23-44(37)49(45(38)30-33)36-17-5-2-6-18-36/h1-30H. The van der Waals surface area contributed by atoms with E-state index in [1.54, 1.807) is 0 Å². The van der Waals surface area contributed by atoms with Crippen LogP contribution in [-0.4, -0.2) is 9.55 Å². The van der Waals surface area contributed by atoms with E-state index >= 15 is 0 Å². The van der Waals surface area contributed by atoms with E-state index in [1.165, 1.54) is 53.1 Å². The van der Waals surface area contributed by atoms with Crippen molar-refractivity contribution in [2.45, 2.75) is 0 Å². The molecule has 10 aromatic rings. The van der Waals surface area contributed by atoms with E-state index < -0.39 is 0 Å². The van der Waals surface area contributed by atoms with Gasteiger partial charge in [-0.3, -0.25) is 0 Å². The number of pyridine rings is 1. The van der Waals surface area contributed by atoms with Gasteiger partial charge in [0.15, 0.2) is 0 Å². The van der Waals surface area contributed by atoms with Crippen LogP contribution >= 0.6 is 11.3 Å². The highest BCUT2D eigenvalue weighted by atomic mass is 32.1. The Morgan fingerprint density at radius 3 is 1.90 bits per heavy atom. The van der Waals surface area contributed by atoms with Gasteiger partial charge in [-0.15, -0.1) is 11.3 Å². The Hall–Kier alpha value is -6.29. The van der Waals surface area contributed by atoms with Crippen molar-refractivity contribution in [2.24, 2.45) is 0 Å². The maximum absolute atomic E-state index is 5.42. The van der Waals surface area contributed by atoms with Crippen LogP contribution in [0.2, 0.25) is 0 Å². The summed E-state index contributed by atoms with van der Waals surface area (Å²) >= 11 is 1.85. The minimum atomic E-state index is 0.956. The van der Waals surface area contributed by atoms with Gasteiger partial charge in [-0.1, -0.05) is 133 Å². The molecule has 50 heavy (non-hydrogen) atoms. The summed E-state index contributed by atoms with van der Waals surface area (Å²) in [6, 6.07) is 65.5. The SMILES string of the molecule is c1ccc(-c2cccc(-c3cc(-c4ccc5c6ccccc6n(-c6ccccc6)c5c4)cc(-c4cccc5c4sc4ccccc45)n3)c2)cc1. The van der Waals surface area contributed by atoms with Crippen molar-refractivity contribution in [1.29, 1.82) is 0 Å². The molecule has 0 saturated heterocycles. The highest BCUT2D eigenvalue weighted by Crippen LogP contribution is 2.42. The van der Waals surface area contributed by atoms with Crippen LogP contribution in [0, 0.1) is 0 Å². The molecule has 0 aliphatic carbocycles. The second-order valence-corrected chi connectivity index (χ2v) is 13.8. The molecular weight excluding hydrogens is 625 g/mol. The van der Waals surface area contributed by atoms with Crippen molar-refractivity contribution in [2.75, 3.05) is 0 Å². The number of rotatable bonds is 5. The van der Waals surface area contributed by atoms with E-state index in [9.17, 15) is 0 Å². The lowest BCUT2D eigenvalue weighted by molar-refractivity contribution is 1.18. The molecule has 0 spiro atoms. The van der Waals surface area contributed by atoms with Gasteiger partial charge in [-0.25, -0.2) is 4.98 Å². The minimum Gasteiger partial charge on any atom is -0.309 e. The molecule has 0 saturated carbocycles. The average Bonchev–Trinajstić information content (AvgIpc) is 3.74. The van der Waals surface area contributed by atoms with Crippen molar-refractivity contribution in [1.82, 2.24) is 9.55 Å². The van der Waals surface area contributed by atoms with Gasteiger partial charge in [0.05, 0.1) is 22.4 Å². The van der Waals surface area contributed by atoms with E-state index in [-0.39, 0.29) is 0 Å². The van der Waals surface area contributed by atoms with Gasteiger partial charge in [0, 0.05) is 47.8 Å². The van der Waals surface area contributed by atoms with E-state index in [2.05, 4.69) is 187 Å². The van der Waals surface area contributed by atoms with Gasteiger partial charge < -0.3 is 4.57 Å². The zero-order valence-corrected chi connectivity index (χ0v) is 27.9. The number of aromatic nitrogens is 2. The first-order valence-corrected chi connectivity index (χ1v) is 17.8. The van der Waals surface area contributed by atoms with Crippen molar-refractivity contribution < 1.29 is 0 Å². The molecule has 0 radical (unpaired) electrons. The van der Waals surface area contributed by atoms with Crippen molar-refractivity contribution in [3.8, 4) is 50.5 Å². The molecule has 0 atom stereocenters. The van der Waals surface area contributed by atoms with Crippen LogP contribution in [0.15, 0.2) is 182 Å². The van der Waals surface area contributed by atoms with Crippen molar-refractivity contribution in [3.05, 3.63) is 182 Å². The largest absolute Gasteiger partial charge is 0.309 e. The number of thiophene rings is 1. The highest BCUT2D eigenvalue weighted by molar-refractivity contribution is 7.26. The molecule has 0 amide bonds. The van der Waals surface area contributed by atoms with E-state index in [1.807, 2.05) is 11.3 Å². The number of fused-ring (bicyclic) bond motifs is 6. The fraction of sp³-hybridized carbons (Fsp3) is 0. The first-order chi connectivity index (χ1) is 24.8. The third-order valence-corrected chi connectivity index (χ3v) is 11.0. The average molecular weight is 655 g/mol. The van der Waals surface area contributed by atoms with Crippen LogP contribution in [-0.2, 0) is 0 Å². The molecule has 3 heteroatoms. The van der Waals surface area contributed by atoms with Crippen LogP contribution in [0.1, 0.15) is 0 Å². The van der Waals surface area contributed by atoms with Gasteiger partial charge in [0.2, 0.25) is 0 Å². The topological polar surface area (TPSA) is 17.8 Å². The molecule has 3 heterocycles. The lowest BCUT2D eigenvalue weighted by Gasteiger charge is -2.13. The molecule has 0 unspecified atom stereocenters. The smallest absolute Gasteiger partial charge is 0.0730 e. The molecule has 2 nitrogen and oxygen atoms in total. The first-order valence-electron chi connectivity index (χ1n) is 17.0. The van der Waals surface area contributed by atoms with Gasteiger partial charge in [0.1, 0.15) is 0 Å². The maximum atomic E-state index is 5.42. The fourth-order valence-corrected chi connectivity index (χ4v) is 8.65. The number of para-hydroxylation sites is 2. The summed E-state index contributed by atoms with van der Waals surface area (Å²) in [5.41, 5.74) is 12.4. The van der Waals surface area contributed by atoms with Crippen LogP contribution in [0.25, 0.3) is 92.4 Å². The Bertz CT molecular complexity index is 2860. The third-order valence-electron chi connectivity index (χ3n) is 9.79. The van der Waals surface area contributed by atoms with Gasteiger partial charge in [-0.05, 0) is 70.8 Å². The molecule has 234 valence electrons. The Balaban J connectivity index is 1.22. The van der Waals surface area contributed by atoms with E-state index in [0.29, 0.717) is 0 Å². The van der Waals surface area contributed by atoms with Crippen molar-refractivity contribution in [3.63, 3.8) is 0 Å². The Labute approximate surface area is 294 Å². The fourth-order valence-electron chi connectivity index (χ4n) is 7.43. The van der Waals surface area contributed by atoms with Crippen LogP contribution in [0.3, 0.4) is 0 Å². The van der Waals surface area contributed by atoms with Gasteiger partial charge in [0.25, 0.3) is 0 Å². The Morgan fingerprint density at radius 1 is 0.380 bits per heavy atom. The summed E-state index contributed by atoms with van der Waals surface area (Å²) in [6.07, 6.45) is 0. The number of benzene rings is 7. The second kappa shape index (κ2) is 11.7. The second-order valence-electron chi connectivity index (χ2n) is 12.8. The first kappa shape index (κ1) is 28.7.